The summed E-state index contributed by atoms with van der Waals surface area (Å²) >= 11 is 0. The van der Waals surface area contributed by atoms with Crippen LogP contribution < -0.4 is 15.4 Å². The van der Waals surface area contributed by atoms with Gasteiger partial charge >= 0.3 is 5.97 Å². The predicted molar refractivity (Wildman–Crippen MR) is 172 cm³/mol. The molecule has 1 heterocycles. The number of rotatable bonds is 10. The van der Waals surface area contributed by atoms with Gasteiger partial charge in [0.25, 0.3) is 5.91 Å². The lowest BCUT2D eigenvalue weighted by Gasteiger charge is -2.44. The first kappa shape index (κ1) is 33.4. The van der Waals surface area contributed by atoms with Crippen molar-refractivity contribution in [3.8, 4) is 5.75 Å². The van der Waals surface area contributed by atoms with E-state index in [0.29, 0.717) is 31.6 Å². The molecule has 0 saturated carbocycles. The number of anilines is 1. The van der Waals surface area contributed by atoms with Gasteiger partial charge in [-0.3, -0.25) is 24.1 Å². The van der Waals surface area contributed by atoms with Crippen LogP contribution >= 0.6 is 0 Å². The van der Waals surface area contributed by atoms with Crippen molar-refractivity contribution in [2.45, 2.75) is 57.2 Å². The van der Waals surface area contributed by atoms with Crippen molar-refractivity contribution < 1.29 is 29.0 Å². The molecule has 238 valence electrons. The van der Waals surface area contributed by atoms with Crippen molar-refractivity contribution in [1.82, 2.24) is 15.1 Å². The number of carbonyl (C=O) groups excluding carboxylic acids is 4. The fraction of sp³-hybridized carbons (Fsp3) is 0.371. The molecule has 0 radical (unpaired) electrons. The molecule has 0 aromatic heterocycles. The molecule has 0 spiro atoms. The summed E-state index contributed by atoms with van der Waals surface area (Å²) in [5.41, 5.74) is 1.35. The molecule has 4 rings (SSSR count). The van der Waals surface area contributed by atoms with Gasteiger partial charge in [0, 0.05) is 58.8 Å². The van der Waals surface area contributed by atoms with Crippen LogP contribution in [0, 0.1) is 0 Å². The Morgan fingerprint density at radius 2 is 1.58 bits per heavy atom. The zero-order valence-electron chi connectivity index (χ0n) is 26.4. The number of benzene rings is 3. The third kappa shape index (κ3) is 7.76. The maximum Gasteiger partial charge on any atom is 0.308 e. The standard InChI is InChI=1S/C35H42N4O6/c1-23(21-35(34(44)38(4)5,26-12-8-6-9-13-26)27-14-10-7-11-15-27)39-19-18-30(31(42)22-39)37-33(43)29-17-16-28(36-24(2)40)20-32(29)45-25(3)41/h6-17,20,23,30-31,42H,18-19,21-22H2,1-5H3,(H,36,40)(H,37,43)/t23?,30-,31-/m1/s1. The van der Waals surface area contributed by atoms with Gasteiger partial charge in [0.15, 0.2) is 0 Å². The van der Waals surface area contributed by atoms with E-state index in [9.17, 15) is 24.3 Å². The van der Waals surface area contributed by atoms with Crippen LogP contribution in [0.4, 0.5) is 5.69 Å². The molecule has 45 heavy (non-hydrogen) atoms. The number of likely N-dealkylation sites (tertiary alicyclic amines) is 1. The number of ether oxygens (including phenoxy) is 1. The molecule has 3 N–H and O–H groups in total. The van der Waals surface area contributed by atoms with Crippen molar-refractivity contribution >= 4 is 29.4 Å². The Bertz CT molecular complexity index is 1470. The molecule has 10 heteroatoms. The highest BCUT2D eigenvalue weighted by Crippen LogP contribution is 2.40. The number of amides is 3. The van der Waals surface area contributed by atoms with E-state index >= 15 is 0 Å². The number of hydrogen-bond donors (Lipinski definition) is 3. The number of likely N-dealkylation sites (N-methyl/N-ethyl adjacent to an activating group) is 1. The van der Waals surface area contributed by atoms with Gasteiger partial charge < -0.3 is 25.4 Å². The summed E-state index contributed by atoms with van der Waals surface area (Å²) in [5.74, 6) is -1.44. The van der Waals surface area contributed by atoms with Gasteiger partial charge in [-0.1, -0.05) is 60.7 Å². The Kier molecular flexibility index (Phi) is 10.7. The van der Waals surface area contributed by atoms with Crippen LogP contribution in [0.3, 0.4) is 0 Å². The van der Waals surface area contributed by atoms with Crippen molar-refractivity contribution in [2.24, 2.45) is 0 Å². The Hall–Kier alpha value is -4.54. The number of aliphatic hydroxyl groups excluding tert-OH is 1. The zero-order chi connectivity index (χ0) is 32.7. The lowest BCUT2D eigenvalue weighted by molar-refractivity contribution is -0.134. The van der Waals surface area contributed by atoms with Gasteiger partial charge in [-0.15, -0.1) is 0 Å². The molecule has 3 aromatic rings. The summed E-state index contributed by atoms with van der Waals surface area (Å²) in [5, 5.41) is 16.7. The first-order valence-electron chi connectivity index (χ1n) is 15.1. The van der Waals surface area contributed by atoms with Crippen molar-refractivity contribution in [3.63, 3.8) is 0 Å². The van der Waals surface area contributed by atoms with Crippen LogP contribution in [0.15, 0.2) is 78.9 Å². The second-order valence-electron chi connectivity index (χ2n) is 11.8. The molecule has 1 aliphatic heterocycles. The number of nitrogens with zero attached hydrogens (tertiary/aromatic N) is 2. The molecule has 3 atom stereocenters. The van der Waals surface area contributed by atoms with Gasteiger partial charge in [0.1, 0.15) is 11.2 Å². The lowest BCUT2D eigenvalue weighted by Crippen LogP contribution is -2.57. The number of nitrogens with one attached hydrogen (secondary N) is 2. The van der Waals surface area contributed by atoms with Gasteiger partial charge in [-0.05, 0) is 43.0 Å². The molecule has 1 aliphatic rings. The number of aliphatic hydroxyl groups is 1. The maximum absolute atomic E-state index is 14.1. The monoisotopic (exact) mass is 614 g/mol. The quantitative estimate of drug-likeness (QED) is 0.235. The Balaban J connectivity index is 1.52. The maximum atomic E-state index is 14.1. The lowest BCUT2D eigenvalue weighted by atomic mass is 9.69. The van der Waals surface area contributed by atoms with E-state index in [0.717, 1.165) is 11.1 Å². The van der Waals surface area contributed by atoms with E-state index in [1.807, 2.05) is 60.7 Å². The number of β-amino-alcohol motifs (C(OH)–C–C–N with tert-alkyl or cyclic N) is 1. The summed E-state index contributed by atoms with van der Waals surface area (Å²) in [4.78, 5) is 54.4. The Morgan fingerprint density at radius 1 is 0.978 bits per heavy atom. The van der Waals surface area contributed by atoms with Crippen molar-refractivity contribution in [2.75, 3.05) is 32.5 Å². The van der Waals surface area contributed by atoms with Crippen LogP contribution in [0.25, 0.3) is 0 Å². The van der Waals surface area contributed by atoms with E-state index in [4.69, 9.17) is 4.74 Å². The highest BCUT2D eigenvalue weighted by molar-refractivity contribution is 5.99. The summed E-state index contributed by atoms with van der Waals surface area (Å²) in [6.07, 6.45) is 0.0669. The molecule has 0 bridgehead atoms. The van der Waals surface area contributed by atoms with E-state index in [1.165, 1.54) is 26.0 Å². The SMILES string of the molecule is CC(=O)Nc1ccc(C(=O)N[C@@H]2CCN(C(C)CC(C(=O)N(C)C)(c3ccccc3)c3ccccc3)C[C@H]2O)c(OC(C)=O)c1. The van der Waals surface area contributed by atoms with Crippen LogP contribution in [0.5, 0.6) is 5.75 Å². The molecule has 1 fully saturated rings. The smallest absolute Gasteiger partial charge is 0.308 e. The molecular formula is C35H42N4O6. The van der Waals surface area contributed by atoms with Crippen LogP contribution in [-0.2, 0) is 19.8 Å². The highest BCUT2D eigenvalue weighted by Gasteiger charge is 2.45. The first-order valence-corrected chi connectivity index (χ1v) is 15.1. The second-order valence-corrected chi connectivity index (χ2v) is 11.8. The average Bonchev–Trinajstić information content (AvgIpc) is 3.00. The van der Waals surface area contributed by atoms with Crippen LogP contribution in [-0.4, -0.2) is 84.0 Å². The predicted octanol–water partition coefficient (Wildman–Crippen LogP) is 3.59. The average molecular weight is 615 g/mol. The minimum Gasteiger partial charge on any atom is -0.426 e. The third-order valence-electron chi connectivity index (χ3n) is 8.26. The van der Waals surface area contributed by atoms with Gasteiger partial charge in [0.2, 0.25) is 11.8 Å². The fourth-order valence-electron chi connectivity index (χ4n) is 6.14. The van der Waals surface area contributed by atoms with E-state index in [1.54, 1.807) is 25.1 Å². The summed E-state index contributed by atoms with van der Waals surface area (Å²) in [7, 11) is 3.54. The summed E-state index contributed by atoms with van der Waals surface area (Å²) < 4.78 is 5.26. The van der Waals surface area contributed by atoms with E-state index in [-0.39, 0.29) is 29.2 Å². The Morgan fingerprint density at radius 3 is 2.09 bits per heavy atom. The Labute approximate surface area is 264 Å². The molecule has 10 nitrogen and oxygen atoms in total. The first-order chi connectivity index (χ1) is 21.4. The fourth-order valence-corrected chi connectivity index (χ4v) is 6.14. The molecule has 0 aliphatic carbocycles. The number of esters is 1. The molecule has 3 amide bonds. The number of hydrogen-bond acceptors (Lipinski definition) is 7. The molecule has 1 saturated heterocycles. The molecular weight excluding hydrogens is 572 g/mol. The number of piperidine rings is 1. The van der Waals surface area contributed by atoms with Crippen LogP contribution in [0.2, 0.25) is 0 Å². The minimum atomic E-state index is -0.946. The number of carbonyl (C=O) groups is 4. The largest absolute Gasteiger partial charge is 0.426 e. The highest BCUT2D eigenvalue weighted by atomic mass is 16.5. The van der Waals surface area contributed by atoms with Crippen LogP contribution in [0.1, 0.15) is 55.1 Å². The van der Waals surface area contributed by atoms with Gasteiger partial charge in [-0.25, -0.2) is 0 Å². The third-order valence-corrected chi connectivity index (χ3v) is 8.26. The van der Waals surface area contributed by atoms with E-state index < -0.39 is 29.4 Å². The normalized spacial score (nSPS) is 17.6. The molecule has 1 unspecified atom stereocenters. The summed E-state index contributed by atoms with van der Waals surface area (Å²) in [6, 6.07) is 23.4. The zero-order valence-corrected chi connectivity index (χ0v) is 26.4. The summed E-state index contributed by atoms with van der Waals surface area (Å²) in [6.45, 7) is 5.52. The second kappa shape index (κ2) is 14.5. The topological polar surface area (TPSA) is 128 Å². The van der Waals surface area contributed by atoms with Gasteiger partial charge in [0.05, 0.1) is 17.7 Å². The van der Waals surface area contributed by atoms with Crippen molar-refractivity contribution in [3.05, 3.63) is 95.6 Å². The molecule has 3 aromatic carbocycles. The van der Waals surface area contributed by atoms with E-state index in [2.05, 4.69) is 22.5 Å². The van der Waals surface area contributed by atoms with Gasteiger partial charge in [-0.2, -0.15) is 0 Å². The van der Waals surface area contributed by atoms with Crippen molar-refractivity contribution in [1.29, 1.82) is 0 Å². The minimum absolute atomic E-state index is 0.00974.